The third-order valence-corrected chi connectivity index (χ3v) is 3.23. The monoisotopic (exact) mass is 219 g/mol. The molecule has 0 aromatic heterocycles. The largest absolute Gasteiger partial charge is 0.379 e. The highest BCUT2D eigenvalue weighted by molar-refractivity contribution is 5.19. The van der Waals surface area contributed by atoms with Crippen molar-refractivity contribution >= 4 is 0 Å². The van der Waals surface area contributed by atoms with E-state index in [1.54, 1.807) is 0 Å². The number of nitrogens with zero attached hydrogens (tertiary/aromatic N) is 1. The Morgan fingerprint density at radius 1 is 1.19 bits per heavy atom. The summed E-state index contributed by atoms with van der Waals surface area (Å²) in [6.07, 6.45) is 2.47. The van der Waals surface area contributed by atoms with Crippen molar-refractivity contribution in [2.45, 2.75) is 25.8 Å². The SMILES string of the molecule is CCCC(c1ccccc1)N1CCOCC1. The fourth-order valence-electron chi connectivity index (χ4n) is 2.40. The van der Waals surface area contributed by atoms with Gasteiger partial charge in [-0.3, -0.25) is 4.90 Å². The van der Waals surface area contributed by atoms with Gasteiger partial charge in [0, 0.05) is 19.1 Å². The molecule has 0 spiro atoms. The number of hydrogen-bond donors (Lipinski definition) is 0. The van der Waals surface area contributed by atoms with Crippen molar-refractivity contribution in [3.63, 3.8) is 0 Å². The van der Waals surface area contributed by atoms with Crippen LogP contribution in [0.3, 0.4) is 0 Å². The summed E-state index contributed by atoms with van der Waals surface area (Å²) in [5, 5.41) is 0. The van der Waals surface area contributed by atoms with E-state index in [1.165, 1.54) is 18.4 Å². The first kappa shape index (κ1) is 11.6. The second-order valence-electron chi connectivity index (χ2n) is 4.36. The predicted molar refractivity (Wildman–Crippen MR) is 66.5 cm³/mol. The van der Waals surface area contributed by atoms with Crippen molar-refractivity contribution in [1.82, 2.24) is 4.90 Å². The minimum absolute atomic E-state index is 0.579. The molecule has 0 radical (unpaired) electrons. The van der Waals surface area contributed by atoms with Crippen LogP contribution >= 0.6 is 0 Å². The first-order chi connectivity index (χ1) is 7.92. The van der Waals surface area contributed by atoms with Crippen LogP contribution in [0.1, 0.15) is 31.4 Å². The summed E-state index contributed by atoms with van der Waals surface area (Å²) >= 11 is 0. The number of benzene rings is 1. The molecule has 0 amide bonds. The van der Waals surface area contributed by atoms with E-state index >= 15 is 0 Å². The molecule has 1 saturated heterocycles. The molecule has 1 aromatic carbocycles. The summed E-state index contributed by atoms with van der Waals surface area (Å²) in [6, 6.07) is 11.4. The van der Waals surface area contributed by atoms with E-state index in [4.69, 9.17) is 4.74 Å². The van der Waals surface area contributed by atoms with Gasteiger partial charge in [0.2, 0.25) is 0 Å². The molecule has 2 nitrogen and oxygen atoms in total. The second kappa shape index (κ2) is 6.02. The Balaban J connectivity index is 2.09. The van der Waals surface area contributed by atoms with E-state index in [1.807, 2.05) is 0 Å². The topological polar surface area (TPSA) is 12.5 Å². The summed E-state index contributed by atoms with van der Waals surface area (Å²) in [5.74, 6) is 0. The van der Waals surface area contributed by atoms with Gasteiger partial charge < -0.3 is 4.74 Å². The zero-order valence-corrected chi connectivity index (χ0v) is 10.1. The summed E-state index contributed by atoms with van der Waals surface area (Å²) in [7, 11) is 0. The Hall–Kier alpha value is -0.860. The van der Waals surface area contributed by atoms with Gasteiger partial charge in [0.15, 0.2) is 0 Å². The van der Waals surface area contributed by atoms with Gasteiger partial charge in [-0.25, -0.2) is 0 Å². The van der Waals surface area contributed by atoms with E-state index in [0.29, 0.717) is 6.04 Å². The van der Waals surface area contributed by atoms with Crippen LogP contribution in [0.15, 0.2) is 30.3 Å². The standard InChI is InChI=1S/C14H21NO/c1-2-6-14(13-7-4-3-5-8-13)15-9-11-16-12-10-15/h3-5,7-8,14H,2,6,9-12H2,1H3. The van der Waals surface area contributed by atoms with E-state index < -0.39 is 0 Å². The summed E-state index contributed by atoms with van der Waals surface area (Å²) in [5.41, 5.74) is 1.45. The molecule has 2 heteroatoms. The molecule has 1 unspecified atom stereocenters. The molecule has 0 saturated carbocycles. The lowest BCUT2D eigenvalue weighted by atomic mass is 10.0. The van der Waals surface area contributed by atoms with Crippen LogP contribution in [-0.4, -0.2) is 31.2 Å². The first-order valence-electron chi connectivity index (χ1n) is 6.28. The number of rotatable bonds is 4. The predicted octanol–water partition coefficient (Wildman–Crippen LogP) is 2.86. The average Bonchev–Trinajstić information content (AvgIpc) is 2.38. The van der Waals surface area contributed by atoms with Gasteiger partial charge in [0.05, 0.1) is 13.2 Å². The van der Waals surface area contributed by atoms with Crippen LogP contribution in [-0.2, 0) is 4.74 Å². The second-order valence-corrected chi connectivity index (χ2v) is 4.36. The van der Waals surface area contributed by atoms with Gasteiger partial charge in [0.1, 0.15) is 0 Å². The van der Waals surface area contributed by atoms with Gasteiger partial charge in [-0.05, 0) is 12.0 Å². The summed E-state index contributed by atoms with van der Waals surface area (Å²) in [4.78, 5) is 2.56. The van der Waals surface area contributed by atoms with Crippen molar-refractivity contribution in [2.24, 2.45) is 0 Å². The van der Waals surface area contributed by atoms with Gasteiger partial charge in [-0.2, -0.15) is 0 Å². The van der Waals surface area contributed by atoms with E-state index in [0.717, 1.165) is 26.3 Å². The molecule has 0 aliphatic carbocycles. The van der Waals surface area contributed by atoms with Crippen molar-refractivity contribution in [3.05, 3.63) is 35.9 Å². The highest BCUT2D eigenvalue weighted by Crippen LogP contribution is 2.26. The quantitative estimate of drug-likeness (QED) is 0.772. The Kier molecular flexibility index (Phi) is 4.37. The molecule has 0 bridgehead atoms. The zero-order valence-electron chi connectivity index (χ0n) is 10.1. The minimum atomic E-state index is 0.579. The van der Waals surface area contributed by atoms with Crippen LogP contribution in [0.5, 0.6) is 0 Å². The molecule has 1 aromatic rings. The molecule has 1 fully saturated rings. The third kappa shape index (κ3) is 2.83. The highest BCUT2D eigenvalue weighted by atomic mass is 16.5. The van der Waals surface area contributed by atoms with Crippen LogP contribution in [0, 0.1) is 0 Å². The van der Waals surface area contributed by atoms with Gasteiger partial charge in [-0.1, -0.05) is 43.7 Å². The number of ether oxygens (including phenoxy) is 1. The van der Waals surface area contributed by atoms with E-state index in [-0.39, 0.29) is 0 Å². The molecule has 1 heterocycles. The van der Waals surface area contributed by atoms with Crippen LogP contribution < -0.4 is 0 Å². The molecule has 1 aliphatic rings. The molecule has 1 aliphatic heterocycles. The average molecular weight is 219 g/mol. The molecular weight excluding hydrogens is 198 g/mol. The van der Waals surface area contributed by atoms with Gasteiger partial charge >= 0.3 is 0 Å². The highest BCUT2D eigenvalue weighted by Gasteiger charge is 2.21. The fourth-order valence-corrected chi connectivity index (χ4v) is 2.40. The lowest BCUT2D eigenvalue weighted by molar-refractivity contribution is 0.0140. The molecule has 0 N–H and O–H groups in total. The summed E-state index contributed by atoms with van der Waals surface area (Å²) in [6.45, 7) is 6.16. The van der Waals surface area contributed by atoms with Crippen molar-refractivity contribution in [2.75, 3.05) is 26.3 Å². The maximum Gasteiger partial charge on any atom is 0.0594 e. The number of morpholine rings is 1. The van der Waals surface area contributed by atoms with E-state index in [2.05, 4.69) is 42.2 Å². The lowest BCUT2D eigenvalue weighted by Crippen LogP contribution is -2.39. The fraction of sp³-hybridized carbons (Fsp3) is 0.571. The van der Waals surface area contributed by atoms with Crippen LogP contribution in [0.4, 0.5) is 0 Å². The third-order valence-electron chi connectivity index (χ3n) is 3.23. The Labute approximate surface area is 98.2 Å². The Morgan fingerprint density at radius 3 is 2.50 bits per heavy atom. The molecular formula is C14H21NO. The number of hydrogen-bond acceptors (Lipinski definition) is 2. The zero-order chi connectivity index (χ0) is 11.2. The maximum absolute atomic E-state index is 5.42. The lowest BCUT2D eigenvalue weighted by Gasteiger charge is -2.34. The van der Waals surface area contributed by atoms with E-state index in [9.17, 15) is 0 Å². The smallest absolute Gasteiger partial charge is 0.0594 e. The maximum atomic E-state index is 5.42. The first-order valence-corrected chi connectivity index (χ1v) is 6.28. The normalized spacial score (nSPS) is 19.6. The van der Waals surface area contributed by atoms with Gasteiger partial charge in [-0.15, -0.1) is 0 Å². The summed E-state index contributed by atoms with van der Waals surface area (Å²) < 4.78 is 5.42. The Morgan fingerprint density at radius 2 is 1.88 bits per heavy atom. The van der Waals surface area contributed by atoms with Crippen molar-refractivity contribution < 1.29 is 4.74 Å². The molecule has 2 rings (SSSR count). The van der Waals surface area contributed by atoms with Gasteiger partial charge in [0.25, 0.3) is 0 Å². The van der Waals surface area contributed by atoms with Crippen molar-refractivity contribution in [1.29, 1.82) is 0 Å². The molecule has 1 atom stereocenters. The molecule has 16 heavy (non-hydrogen) atoms. The van der Waals surface area contributed by atoms with Crippen molar-refractivity contribution in [3.8, 4) is 0 Å². The Bertz CT molecular complexity index is 293. The molecule has 88 valence electrons. The minimum Gasteiger partial charge on any atom is -0.379 e. The van der Waals surface area contributed by atoms with Crippen LogP contribution in [0.25, 0.3) is 0 Å². The van der Waals surface area contributed by atoms with Crippen LogP contribution in [0.2, 0.25) is 0 Å².